The van der Waals surface area contributed by atoms with E-state index >= 15 is 0 Å². The van der Waals surface area contributed by atoms with Crippen molar-refractivity contribution in [2.24, 2.45) is 0 Å². The van der Waals surface area contributed by atoms with Crippen LogP contribution in [-0.4, -0.2) is 33.3 Å². The van der Waals surface area contributed by atoms with E-state index in [1.807, 2.05) is 24.4 Å². The number of ether oxygens (including phenoxy) is 1. The maximum absolute atomic E-state index is 8.74. The second-order valence-corrected chi connectivity index (χ2v) is 4.49. The van der Waals surface area contributed by atoms with Crippen LogP contribution in [0.25, 0.3) is 0 Å². The molecule has 1 aromatic carbocycles. The molecule has 2 rings (SSSR count). The van der Waals surface area contributed by atoms with Crippen LogP contribution in [0.3, 0.4) is 0 Å². The predicted molar refractivity (Wildman–Crippen MR) is 72.4 cm³/mol. The highest BCUT2D eigenvalue weighted by Crippen LogP contribution is 2.22. The average molecular weight is 282 g/mol. The zero-order chi connectivity index (χ0) is 13.5. The molecular formula is C13H16ClN3O2. The van der Waals surface area contributed by atoms with Crippen LogP contribution in [0.15, 0.2) is 30.5 Å². The van der Waals surface area contributed by atoms with E-state index in [1.165, 1.54) is 0 Å². The molecule has 0 spiro atoms. The van der Waals surface area contributed by atoms with E-state index in [-0.39, 0.29) is 6.61 Å². The molecule has 0 aliphatic rings. The summed E-state index contributed by atoms with van der Waals surface area (Å²) in [7, 11) is 0. The summed E-state index contributed by atoms with van der Waals surface area (Å²) in [5.41, 5.74) is 0.881. The van der Waals surface area contributed by atoms with Crippen molar-refractivity contribution in [1.29, 1.82) is 0 Å². The van der Waals surface area contributed by atoms with Crippen LogP contribution in [0.4, 0.5) is 0 Å². The minimum Gasteiger partial charge on any atom is -0.490 e. The summed E-state index contributed by atoms with van der Waals surface area (Å²) >= 11 is 5.98. The van der Waals surface area contributed by atoms with Crippen LogP contribution in [-0.2, 0) is 13.0 Å². The van der Waals surface area contributed by atoms with Gasteiger partial charge in [-0.15, -0.1) is 5.10 Å². The summed E-state index contributed by atoms with van der Waals surface area (Å²) in [5.74, 6) is 0.671. The summed E-state index contributed by atoms with van der Waals surface area (Å²) < 4.78 is 7.30. The van der Waals surface area contributed by atoms with Crippen molar-refractivity contribution in [3.63, 3.8) is 0 Å². The molecule has 0 saturated carbocycles. The summed E-state index contributed by atoms with van der Waals surface area (Å²) in [5, 5.41) is 17.4. The Bertz CT molecular complexity index is 516. The van der Waals surface area contributed by atoms with E-state index in [2.05, 4.69) is 10.3 Å². The van der Waals surface area contributed by atoms with E-state index in [1.54, 1.807) is 10.7 Å². The van der Waals surface area contributed by atoms with Gasteiger partial charge in [-0.05, 0) is 25.0 Å². The smallest absolute Gasteiger partial charge is 0.137 e. The van der Waals surface area contributed by atoms with E-state index in [0.717, 1.165) is 12.1 Å². The van der Waals surface area contributed by atoms with Crippen LogP contribution in [0.1, 0.15) is 12.1 Å². The van der Waals surface area contributed by atoms with Crippen LogP contribution in [0.2, 0.25) is 5.02 Å². The number of benzene rings is 1. The van der Waals surface area contributed by atoms with E-state index < -0.39 is 0 Å². The van der Waals surface area contributed by atoms with Gasteiger partial charge in [0.2, 0.25) is 0 Å². The van der Waals surface area contributed by atoms with E-state index in [9.17, 15) is 0 Å². The Morgan fingerprint density at radius 1 is 1.32 bits per heavy atom. The number of halogens is 1. The van der Waals surface area contributed by atoms with Gasteiger partial charge in [0.15, 0.2) is 0 Å². The first kappa shape index (κ1) is 13.8. The molecule has 0 saturated heterocycles. The first-order chi connectivity index (χ1) is 9.29. The minimum atomic E-state index is 0.169. The van der Waals surface area contributed by atoms with Crippen LogP contribution >= 0.6 is 11.6 Å². The molecule has 0 unspecified atom stereocenters. The predicted octanol–water partition coefficient (Wildman–Crippen LogP) is 1.94. The van der Waals surface area contributed by atoms with Crippen molar-refractivity contribution in [2.45, 2.75) is 19.4 Å². The van der Waals surface area contributed by atoms with Gasteiger partial charge < -0.3 is 9.84 Å². The molecule has 0 aliphatic heterocycles. The molecule has 1 N–H and O–H groups in total. The van der Waals surface area contributed by atoms with Gasteiger partial charge in [-0.25, -0.2) is 4.68 Å². The SMILES string of the molecule is OCCCc1cn(CCOc2ccccc2Cl)nn1. The van der Waals surface area contributed by atoms with Crippen LogP contribution in [0.5, 0.6) is 5.75 Å². The second kappa shape index (κ2) is 7.11. The van der Waals surface area contributed by atoms with Crippen molar-refractivity contribution in [3.8, 4) is 5.75 Å². The number of hydrogen-bond acceptors (Lipinski definition) is 4. The van der Waals surface area contributed by atoms with Crippen molar-refractivity contribution < 1.29 is 9.84 Å². The van der Waals surface area contributed by atoms with Crippen molar-refractivity contribution in [1.82, 2.24) is 15.0 Å². The lowest BCUT2D eigenvalue weighted by Crippen LogP contribution is -2.08. The van der Waals surface area contributed by atoms with Gasteiger partial charge in [-0.2, -0.15) is 0 Å². The fourth-order valence-corrected chi connectivity index (χ4v) is 1.82. The lowest BCUT2D eigenvalue weighted by molar-refractivity contribution is 0.288. The normalized spacial score (nSPS) is 10.6. The van der Waals surface area contributed by atoms with Gasteiger partial charge in [0, 0.05) is 12.8 Å². The Morgan fingerprint density at radius 3 is 2.95 bits per heavy atom. The van der Waals surface area contributed by atoms with E-state index in [4.69, 9.17) is 21.4 Å². The first-order valence-electron chi connectivity index (χ1n) is 6.17. The molecule has 1 heterocycles. The van der Waals surface area contributed by atoms with Crippen molar-refractivity contribution >= 4 is 11.6 Å². The Morgan fingerprint density at radius 2 is 2.16 bits per heavy atom. The maximum atomic E-state index is 8.74. The topological polar surface area (TPSA) is 60.2 Å². The van der Waals surface area contributed by atoms with Crippen molar-refractivity contribution in [2.75, 3.05) is 13.2 Å². The summed E-state index contributed by atoms with van der Waals surface area (Å²) in [6.45, 7) is 1.26. The molecule has 0 aliphatic carbocycles. The summed E-state index contributed by atoms with van der Waals surface area (Å²) in [4.78, 5) is 0. The maximum Gasteiger partial charge on any atom is 0.137 e. The number of para-hydroxylation sites is 1. The molecule has 6 heteroatoms. The third-order valence-electron chi connectivity index (χ3n) is 2.59. The highest BCUT2D eigenvalue weighted by molar-refractivity contribution is 6.32. The Hall–Kier alpha value is -1.59. The standard InChI is InChI=1S/C13H16ClN3O2/c14-12-5-1-2-6-13(12)19-9-7-17-10-11(15-16-17)4-3-8-18/h1-2,5-6,10,18H,3-4,7-9H2. The number of aliphatic hydroxyl groups is 1. The molecular weight excluding hydrogens is 266 g/mol. The number of hydrogen-bond donors (Lipinski definition) is 1. The summed E-state index contributed by atoms with van der Waals surface area (Å²) in [6, 6.07) is 7.36. The molecule has 0 bridgehead atoms. The molecule has 0 atom stereocenters. The van der Waals surface area contributed by atoms with Crippen LogP contribution < -0.4 is 4.74 Å². The number of aromatic nitrogens is 3. The van der Waals surface area contributed by atoms with E-state index in [0.29, 0.717) is 30.3 Å². The number of aryl methyl sites for hydroxylation is 1. The fourth-order valence-electron chi connectivity index (χ4n) is 1.63. The first-order valence-corrected chi connectivity index (χ1v) is 6.54. The highest BCUT2D eigenvalue weighted by Gasteiger charge is 2.02. The Labute approximate surface area is 116 Å². The molecule has 102 valence electrons. The largest absolute Gasteiger partial charge is 0.490 e. The minimum absolute atomic E-state index is 0.169. The molecule has 0 fully saturated rings. The Kier molecular flexibility index (Phi) is 5.18. The van der Waals surface area contributed by atoms with Gasteiger partial charge in [0.1, 0.15) is 12.4 Å². The quantitative estimate of drug-likeness (QED) is 0.842. The van der Waals surface area contributed by atoms with Gasteiger partial charge in [0.25, 0.3) is 0 Å². The number of aliphatic hydroxyl groups excluding tert-OH is 1. The fraction of sp³-hybridized carbons (Fsp3) is 0.385. The zero-order valence-corrected chi connectivity index (χ0v) is 11.3. The average Bonchev–Trinajstić information content (AvgIpc) is 2.86. The zero-order valence-electron chi connectivity index (χ0n) is 10.5. The molecule has 0 radical (unpaired) electrons. The van der Waals surface area contributed by atoms with Gasteiger partial charge >= 0.3 is 0 Å². The van der Waals surface area contributed by atoms with Crippen LogP contribution in [0, 0.1) is 0 Å². The number of nitrogens with zero attached hydrogens (tertiary/aromatic N) is 3. The second-order valence-electron chi connectivity index (χ2n) is 4.08. The summed E-state index contributed by atoms with van der Waals surface area (Å²) in [6.07, 6.45) is 3.31. The molecule has 0 amide bonds. The lowest BCUT2D eigenvalue weighted by atomic mass is 10.3. The van der Waals surface area contributed by atoms with Gasteiger partial charge in [0.05, 0.1) is 17.3 Å². The third-order valence-corrected chi connectivity index (χ3v) is 2.90. The Balaban J connectivity index is 1.79. The van der Waals surface area contributed by atoms with Crippen molar-refractivity contribution in [3.05, 3.63) is 41.2 Å². The molecule has 19 heavy (non-hydrogen) atoms. The highest BCUT2D eigenvalue weighted by atomic mass is 35.5. The molecule has 2 aromatic rings. The van der Waals surface area contributed by atoms with Gasteiger partial charge in [-0.1, -0.05) is 28.9 Å². The third kappa shape index (κ3) is 4.22. The lowest BCUT2D eigenvalue weighted by Gasteiger charge is -2.07. The van der Waals surface area contributed by atoms with Gasteiger partial charge in [-0.3, -0.25) is 0 Å². The monoisotopic (exact) mass is 281 g/mol. The molecule has 1 aromatic heterocycles. The molecule has 5 nitrogen and oxygen atoms in total. The number of rotatable bonds is 7.